The van der Waals surface area contributed by atoms with Crippen molar-refractivity contribution in [2.24, 2.45) is 0 Å². The maximum atomic E-state index is 12.4. The van der Waals surface area contributed by atoms with E-state index in [2.05, 4.69) is 10.6 Å². The minimum Gasteiger partial charge on any atom is -0.506 e. The average Bonchev–Trinajstić information content (AvgIpc) is 2.43. The van der Waals surface area contributed by atoms with Gasteiger partial charge in [-0.1, -0.05) is 6.07 Å². The van der Waals surface area contributed by atoms with Crippen LogP contribution in [0.2, 0.25) is 0 Å². The molecule has 2 rings (SSSR count). The van der Waals surface area contributed by atoms with Crippen LogP contribution in [0.15, 0.2) is 18.2 Å². The molecular formula is C14H20N2O3. The van der Waals surface area contributed by atoms with Crippen LogP contribution in [0.25, 0.3) is 0 Å². The highest BCUT2D eigenvalue weighted by Crippen LogP contribution is 2.28. The number of hydrogen-bond acceptors (Lipinski definition) is 4. The summed E-state index contributed by atoms with van der Waals surface area (Å²) in [6.07, 6.45) is 1.25. The number of phenols is 1. The number of benzene rings is 1. The molecule has 1 saturated heterocycles. The lowest BCUT2D eigenvalue weighted by Crippen LogP contribution is -2.51. The number of ether oxygens (including phenoxy) is 1. The Balaban J connectivity index is 2.17. The number of hydrogen-bond donors (Lipinski definition) is 3. The Morgan fingerprint density at radius 1 is 1.42 bits per heavy atom. The van der Waals surface area contributed by atoms with Crippen molar-refractivity contribution in [2.45, 2.75) is 25.4 Å². The van der Waals surface area contributed by atoms with E-state index in [-0.39, 0.29) is 11.7 Å². The zero-order chi connectivity index (χ0) is 13.9. The molecule has 1 aliphatic rings. The first-order valence-corrected chi connectivity index (χ1v) is 6.44. The van der Waals surface area contributed by atoms with Gasteiger partial charge in [-0.25, -0.2) is 0 Å². The topological polar surface area (TPSA) is 70.6 Å². The van der Waals surface area contributed by atoms with Crippen molar-refractivity contribution in [2.75, 3.05) is 25.5 Å². The lowest BCUT2D eigenvalue weighted by Gasteiger charge is -2.34. The fraction of sp³-hybridized carbons (Fsp3) is 0.500. The predicted molar refractivity (Wildman–Crippen MR) is 73.3 cm³/mol. The number of methoxy groups -OCH3 is 1. The van der Waals surface area contributed by atoms with Crippen molar-refractivity contribution in [3.63, 3.8) is 0 Å². The lowest BCUT2D eigenvalue weighted by atomic mass is 9.91. The largest absolute Gasteiger partial charge is 0.506 e. The van der Waals surface area contributed by atoms with Crippen molar-refractivity contribution in [3.8, 4) is 5.75 Å². The van der Waals surface area contributed by atoms with Gasteiger partial charge in [-0.05, 0) is 50.6 Å². The highest BCUT2D eigenvalue weighted by Gasteiger charge is 2.39. The number of carbonyl (C=O) groups is 1. The third kappa shape index (κ3) is 2.88. The Hall–Kier alpha value is -1.59. The van der Waals surface area contributed by atoms with Gasteiger partial charge in [0.1, 0.15) is 11.4 Å². The molecule has 1 amide bonds. The minimum absolute atomic E-state index is 0.0686. The molecule has 5 heteroatoms. The molecule has 0 aliphatic carbocycles. The summed E-state index contributed by atoms with van der Waals surface area (Å²) in [5.74, 6) is -0.128. The number of phenolic OH excluding ortho intramolecular Hbond substituents is 1. The van der Waals surface area contributed by atoms with Gasteiger partial charge in [0.25, 0.3) is 5.91 Å². The van der Waals surface area contributed by atoms with Crippen molar-refractivity contribution in [1.29, 1.82) is 0 Å². The van der Waals surface area contributed by atoms with Crippen LogP contribution >= 0.6 is 0 Å². The van der Waals surface area contributed by atoms with Crippen molar-refractivity contribution < 1.29 is 14.6 Å². The van der Waals surface area contributed by atoms with E-state index in [1.807, 2.05) is 6.92 Å². The highest BCUT2D eigenvalue weighted by molar-refractivity contribution is 5.98. The number of piperidine rings is 1. The van der Waals surface area contributed by atoms with Gasteiger partial charge in [-0.2, -0.15) is 0 Å². The van der Waals surface area contributed by atoms with Crippen LogP contribution in [0.5, 0.6) is 5.75 Å². The zero-order valence-corrected chi connectivity index (χ0v) is 11.3. The average molecular weight is 264 g/mol. The maximum absolute atomic E-state index is 12.4. The smallest absolute Gasteiger partial charge is 0.256 e. The van der Waals surface area contributed by atoms with Crippen LogP contribution in [-0.4, -0.2) is 36.8 Å². The number of aryl methyl sites for hydroxylation is 1. The first-order chi connectivity index (χ1) is 9.07. The van der Waals surface area contributed by atoms with E-state index >= 15 is 0 Å². The SMILES string of the molecule is COC1(C(=O)Nc2cc(C)ccc2O)CCNCC1. The third-order valence-corrected chi connectivity index (χ3v) is 3.62. The van der Waals surface area contributed by atoms with Crippen LogP contribution in [0.4, 0.5) is 5.69 Å². The Morgan fingerprint density at radius 3 is 2.74 bits per heavy atom. The van der Waals surface area contributed by atoms with E-state index in [1.165, 1.54) is 0 Å². The molecule has 0 spiro atoms. The minimum atomic E-state index is -0.804. The number of amides is 1. The summed E-state index contributed by atoms with van der Waals surface area (Å²) in [5.41, 5.74) is 0.603. The maximum Gasteiger partial charge on any atom is 0.256 e. The zero-order valence-electron chi connectivity index (χ0n) is 11.3. The summed E-state index contributed by atoms with van der Waals surface area (Å²) in [6.45, 7) is 3.41. The monoisotopic (exact) mass is 264 g/mol. The Kier molecular flexibility index (Phi) is 4.07. The van der Waals surface area contributed by atoms with E-state index in [0.29, 0.717) is 18.5 Å². The van der Waals surface area contributed by atoms with E-state index in [4.69, 9.17) is 4.74 Å². The third-order valence-electron chi connectivity index (χ3n) is 3.62. The van der Waals surface area contributed by atoms with Crippen LogP contribution < -0.4 is 10.6 Å². The molecule has 0 unspecified atom stereocenters. The Bertz CT molecular complexity index is 468. The summed E-state index contributed by atoms with van der Waals surface area (Å²) in [5, 5.41) is 15.7. The molecule has 1 aliphatic heterocycles. The van der Waals surface area contributed by atoms with Crippen LogP contribution in [0.3, 0.4) is 0 Å². The summed E-state index contributed by atoms with van der Waals surface area (Å²) in [7, 11) is 1.56. The van der Waals surface area contributed by atoms with Crippen molar-refractivity contribution in [1.82, 2.24) is 5.32 Å². The van der Waals surface area contributed by atoms with E-state index < -0.39 is 5.60 Å². The molecule has 1 aromatic rings. The molecule has 1 heterocycles. The number of rotatable bonds is 3. The molecule has 3 N–H and O–H groups in total. The lowest BCUT2D eigenvalue weighted by molar-refractivity contribution is -0.140. The molecule has 0 aromatic heterocycles. The van der Waals surface area contributed by atoms with Gasteiger partial charge in [0.15, 0.2) is 0 Å². The van der Waals surface area contributed by atoms with Gasteiger partial charge in [0, 0.05) is 7.11 Å². The molecule has 0 radical (unpaired) electrons. The van der Waals surface area contributed by atoms with Crippen molar-refractivity contribution >= 4 is 11.6 Å². The van der Waals surface area contributed by atoms with Crippen molar-refractivity contribution in [3.05, 3.63) is 23.8 Å². The number of carbonyl (C=O) groups excluding carboxylic acids is 1. The first kappa shape index (κ1) is 13.8. The molecule has 0 atom stereocenters. The molecule has 19 heavy (non-hydrogen) atoms. The second-order valence-electron chi connectivity index (χ2n) is 4.92. The van der Waals surface area contributed by atoms with Gasteiger partial charge >= 0.3 is 0 Å². The second kappa shape index (κ2) is 5.59. The Labute approximate surface area is 113 Å². The number of aromatic hydroxyl groups is 1. The summed E-state index contributed by atoms with van der Waals surface area (Å²) in [4.78, 5) is 12.4. The normalized spacial score (nSPS) is 18.0. The van der Waals surface area contributed by atoms with Gasteiger partial charge in [-0.3, -0.25) is 4.79 Å². The van der Waals surface area contributed by atoms with E-state index in [9.17, 15) is 9.90 Å². The second-order valence-corrected chi connectivity index (χ2v) is 4.92. The summed E-state index contributed by atoms with van der Waals surface area (Å²) >= 11 is 0. The van der Waals surface area contributed by atoms with Gasteiger partial charge in [-0.15, -0.1) is 0 Å². The molecule has 0 saturated carbocycles. The van der Waals surface area contributed by atoms with E-state index in [0.717, 1.165) is 18.7 Å². The molecule has 5 nitrogen and oxygen atoms in total. The fourth-order valence-corrected chi connectivity index (χ4v) is 2.34. The quantitative estimate of drug-likeness (QED) is 0.722. The van der Waals surface area contributed by atoms with Gasteiger partial charge in [0.05, 0.1) is 5.69 Å². The highest BCUT2D eigenvalue weighted by atomic mass is 16.5. The number of anilines is 1. The van der Waals surface area contributed by atoms with E-state index in [1.54, 1.807) is 25.3 Å². The first-order valence-electron chi connectivity index (χ1n) is 6.44. The standard InChI is InChI=1S/C14H20N2O3/c1-10-3-4-12(17)11(9-10)16-13(18)14(19-2)5-7-15-8-6-14/h3-4,9,15,17H,5-8H2,1-2H3,(H,16,18). The summed E-state index contributed by atoms with van der Waals surface area (Å²) < 4.78 is 5.45. The van der Waals surface area contributed by atoms with Gasteiger partial charge in [0.2, 0.25) is 0 Å². The van der Waals surface area contributed by atoms with Gasteiger partial charge < -0.3 is 20.5 Å². The molecule has 1 fully saturated rings. The molecule has 1 aromatic carbocycles. The molecule has 0 bridgehead atoms. The fourth-order valence-electron chi connectivity index (χ4n) is 2.34. The summed E-state index contributed by atoms with van der Waals surface area (Å²) in [6, 6.07) is 5.12. The molecule has 104 valence electrons. The van der Waals surface area contributed by atoms with Crippen LogP contribution in [-0.2, 0) is 9.53 Å². The Morgan fingerprint density at radius 2 is 2.11 bits per heavy atom. The van der Waals surface area contributed by atoms with Crippen LogP contribution in [0, 0.1) is 6.92 Å². The predicted octanol–water partition coefficient (Wildman–Crippen LogP) is 1.41. The molecular weight excluding hydrogens is 244 g/mol. The number of nitrogens with one attached hydrogen (secondary N) is 2. The van der Waals surface area contributed by atoms with Crippen LogP contribution in [0.1, 0.15) is 18.4 Å².